The van der Waals surface area contributed by atoms with E-state index in [2.05, 4.69) is 64.2 Å². The predicted molar refractivity (Wildman–Crippen MR) is 131 cm³/mol. The normalized spacial score (nSPS) is 19.4. The Kier molecular flexibility index (Phi) is 10.4. The molecule has 1 N–H and O–H groups in total. The lowest BCUT2D eigenvalue weighted by molar-refractivity contribution is 0.188. The van der Waals surface area contributed by atoms with Gasteiger partial charge in [-0.3, -0.25) is 4.99 Å². The fraction of sp³-hybridized carbons (Fsp3) is 0.682. The fourth-order valence-electron chi connectivity index (χ4n) is 4.19. The first-order chi connectivity index (χ1) is 13.3. The molecule has 3 rings (SSSR count). The smallest absolute Gasteiger partial charge is 0.194 e. The van der Waals surface area contributed by atoms with Crippen molar-refractivity contribution in [3.05, 3.63) is 30.3 Å². The largest absolute Gasteiger partial charge is 0.368 e. The van der Waals surface area contributed by atoms with Crippen LogP contribution in [0.1, 0.15) is 33.1 Å². The van der Waals surface area contributed by atoms with Crippen LogP contribution < -0.4 is 10.2 Å². The molecule has 0 aliphatic carbocycles. The van der Waals surface area contributed by atoms with Crippen LogP contribution in [-0.4, -0.2) is 74.7 Å². The number of anilines is 1. The van der Waals surface area contributed by atoms with E-state index in [0.717, 1.165) is 51.1 Å². The molecule has 2 fully saturated rings. The highest BCUT2D eigenvalue weighted by Crippen LogP contribution is 2.20. The molecule has 0 amide bonds. The average Bonchev–Trinajstić information content (AvgIpc) is 2.74. The first-order valence-electron chi connectivity index (χ1n) is 10.9. The second-order valence-corrected chi connectivity index (χ2v) is 7.71. The van der Waals surface area contributed by atoms with Crippen molar-refractivity contribution in [3.63, 3.8) is 0 Å². The van der Waals surface area contributed by atoms with E-state index in [9.17, 15) is 0 Å². The maximum Gasteiger partial charge on any atom is 0.194 e. The van der Waals surface area contributed by atoms with Crippen molar-refractivity contribution in [3.8, 4) is 0 Å². The highest BCUT2D eigenvalue weighted by Gasteiger charge is 2.20. The number of para-hydroxylation sites is 1. The molecule has 0 aromatic heterocycles. The molecule has 6 heteroatoms. The van der Waals surface area contributed by atoms with Crippen LogP contribution in [0.4, 0.5) is 5.69 Å². The Morgan fingerprint density at radius 1 is 1.00 bits per heavy atom. The zero-order valence-corrected chi connectivity index (χ0v) is 20.0. The second kappa shape index (κ2) is 12.5. The Labute approximate surface area is 188 Å². The minimum atomic E-state index is 0. The lowest BCUT2D eigenvalue weighted by Gasteiger charge is -2.37. The molecule has 5 nitrogen and oxygen atoms in total. The van der Waals surface area contributed by atoms with E-state index < -0.39 is 0 Å². The SMILES string of the molecule is CCNC(=NCCC1CCN(CC)CC1)N1CCN(c2ccccc2)CC1.I. The Bertz CT molecular complexity index is 564. The zero-order chi connectivity index (χ0) is 18.9. The number of piperidine rings is 1. The number of aliphatic imine (C=N–C) groups is 1. The van der Waals surface area contributed by atoms with Gasteiger partial charge in [0.1, 0.15) is 0 Å². The standard InChI is InChI=1S/C22H37N5.HI/c1-3-23-22(24-13-10-20-11-14-25(4-2)15-12-20)27-18-16-26(17-19-27)21-8-6-5-7-9-21;/h5-9,20H,3-4,10-19H2,1-2H3,(H,23,24);1H. The molecule has 28 heavy (non-hydrogen) atoms. The number of halogens is 1. The average molecular weight is 499 g/mol. The monoisotopic (exact) mass is 499 g/mol. The summed E-state index contributed by atoms with van der Waals surface area (Å²) in [6, 6.07) is 10.7. The number of rotatable bonds is 6. The van der Waals surface area contributed by atoms with Crippen LogP contribution in [0, 0.1) is 5.92 Å². The van der Waals surface area contributed by atoms with Crippen molar-refractivity contribution < 1.29 is 0 Å². The van der Waals surface area contributed by atoms with Crippen LogP contribution in [0.3, 0.4) is 0 Å². The van der Waals surface area contributed by atoms with Crippen molar-refractivity contribution in [2.45, 2.75) is 33.1 Å². The lowest BCUT2D eigenvalue weighted by Crippen LogP contribution is -2.52. The second-order valence-electron chi connectivity index (χ2n) is 7.71. The summed E-state index contributed by atoms with van der Waals surface area (Å²) in [5.41, 5.74) is 1.33. The Morgan fingerprint density at radius 2 is 1.68 bits per heavy atom. The topological polar surface area (TPSA) is 34.1 Å². The van der Waals surface area contributed by atoms with E-state index in [1.807, 2.05) is 0 Å². The van der Waals surface area contributed by atoms with Crippen molar-refractivity contribution >= 4 is 35.6 Å². The van der Waals surface area contributed by atoms with Gasteiger partial charge in [-0.1, -0.05) is 25.1 Å². The van der Waals surface area contributed by atoms with E-state index in [4.69, 9.17) is 4.99 Å². The number of hydrogen-bond donors (Lipinski definition) is 1. The number of nitrogens with one attached hydrogen (secondary N) is 1. The van der Waals surface area contributed by atoms with E-state index in [1.165, 1.54) is 44.6 Å². The maximum absolute atomic E-state index is 4.97. The van der Waals surface area contributed by atoms with Crippen LogP contribution in [0.15, 0.2) is 35.3 Å². The summed E-state index contributed by atoms with van der Waals surface area (Å²) in [7, 11) is 0. The van der Waals surface area contributed by atoms with Gasteiger partial charge in [0.2, 0.25) is 0 Å². The van der Waals surface area contributed by atoms with Gasteiger partial charge in [-0.2, -0.15) is 0 Å². The van der Waals surface area contributed by atoms with Crippen molar-refractivity contribution in [1.29, 1.82) is 0 Å². The van der Waals surface area contributed by atoms with Crippen molar-refractivity contribution in [2.24, 2.45) is 10.9 Å². The molecular weight excluding hydrogens is 461 g/mol. The van der Waals surface area contributed by atoms with Gasteiger partial charge in [0, 0.05) is 45.0 Å². The summed E-state index contributed by atoms with van der Waals surface area (Å²) < 4.78 is 0. The van der Waals surface area contributed by atoms with Gasteiger partial charge in [0.05, 0.1) is 0 Å². The molecule has 0 bridgehead atoms. The summed E-state index contributed by atoms with van der Waals surface area (Å²) in [6.07, 6.45) is 3.92. The third-order valence-electron chi connectivity index (χ3n) is 5.99. The molecular formula is C22H38IN5. The minimum Gasteiger partial charge on any atom is -0.368 e. The first kappa shape index (κ1) is 23.3. The van der Waals surface area contributed by atoms with Gasteiger partial charge < -0.3 is 20.0 Å². The van der Waals surface area contributed by atoms with Gasteiger partial charge in [0.15, 0.2) is 5.96 Å². The Morgan fingerprint density at radius 3 is 2.29 bits per heavy atom. The maximum atomic E-state index is 4.97. The van der Waals surface area contributed by atoms with Crippen molar-refractivity contribution in [2.75, 3.05) is 63.8 Å². The molecule has 0 saturated carbocycles. The summed E-state index contributed by atoms with van der Waals surface area (Å²) in [5.74, 6) is 1.96. The highest BCUT2D eigenvalue weighted by molar-refractivity contribution is 14.0. The summed E-state index contributed by atoms with van der Waals surface area (Å²) in [6.45, 7) is 14.3. The van der Waals surface area contributed by atoms with Gasteiger partial charge in [0.25, 0.3) is 0 Å². The molecule has 0 radical (unpaired) electrons. The van der Waals surface area contributed by atoms with Crippen LogP contribution >= 0.6 is 24.0 Å². The molecule has 2 aliphatic heterocycles. The number of hydrogen-bond acceptors (Lipinski definition) is 3. The molecule has 0 atom stereocenters. The van der Waals surface area contributed by atoms with Gasteiger partial charge in [-0.25, -0.2) is 0 Å². The minimum absolute atomic E-state index is 0. The van der Waals surface area contributed by atoms with Crippen LogP contribution in [0.25, 0.3) is 0 Å². The highest BCUT2D eigenvalue weighted by atomic mass is 127. The van der Waals surface area contributed by atoms with E-state index in [0.29, 0.717) is 0 Å². The van der Waals surface area contributed by atoms with E-state index in [1.54, 1.807) is 0 Å². The van der Waals surface area contributed by atoms with Crippen LogP contribution in [-0.2, 0) is 0 Å². The summed E-state index contributed by atoms with van der Waals surface area (Å²) in [4.78, 5) is 12.4. The zero-order valence-electron chi connectivity index (χ0n) is 17.6. The summed E-state index contributed by atoms with van der Waals surface area (Å²) >= 11 is 0. The van der Waals surface area contributed by atoms with Gasteiger partial charge >= 0.3 is 0 Å². The molecule has 2 saturated heterocycles. The molecule has 0 spiro atoms. The molecule has 1 aromatic carbocycles. The lowest BCUT2D eigenvalue weighted by atomic mass is 9.94. The quantitative estimate of drug-likeness (QED) is 0.369. The molecule has 2 heterocycles. The van der Waals surface area contributed by atoms with Gasteiger partial charge in [-0.05, 0) is 63.9 Å². The van der Waals surface area contributed by atoms with Crippen LogP contribution in [0.2, 0.25) is 0 Å². The molecule has 1 aromatic rings. The Balaban J connectivity index is 0.00000280. The molecule has 0 unspecified atom stereocenters. The summed E-state index contributed by atoms with van der Waals surface area (Å²) in [5, 5.41) is 3.51. The number of guanidine groups is 1. The number of piperazine rings is 1. The van der Waals surface area contributed by atoms with Gasteiger partial charge in [-0.15, -0.1) is 24.0 Å². The first-order valence-corrected chi connectivity index (χ1v) is 10.9. The number of nitrogens with zero attached hydrogens (tertiary/aromatic N) is 4. The van der Waals surface area contributed by atoms with Crippen molar-refractivity contribution in [1.82, 2.24) is 15.1 Å². The number of benzene rings is 1. The molecule has 158 valence electrons. The predicted octanol–water partition coefficient (Wildman–Crippen LogP) is 3.51. The van der Waals surface area contributed by atoms with E-state index >= 15 is 0 Å². The van der Waals surface area contributed by atoms with E-state index in [-0.39, 0.29) is 24.0 Å². The third kappa shape index (κ3) is 6.79. The Hall–Kier alpha value is -1.02. The van der Waals surface area contributed by atoms with Crippen LogP contribution in [0.5, 0.6) is 0 Å². The third-order valence-corrected chi connectivity index (χ3v) is 5.99. The number of likely N-dealkylation sites (tertiary alicyclic amines) is 1. The molecule has 2 aliphatic rings. The fourth-order valence-corrected chi connectivity index (χ4v) is 4.19.